The first-order valence-electron chi connectivity index (χ1n) is 7.45. The second kappa shape index (κ2) is 4.45. The normalized spacial score (nSPS) is 35.5. The summed E-state index contributed by atoms with van der Waals surface area (Å²) >= 11 is 0. The van der Waals surface area contributed by atoms with Crippen LogP contribution in [0.2, 0.25) is 0 Å². The number of rotatable bonds is 0. The molecule has 0 aromatic heterocycles. The molecule has 0 amide bonds. The Morgan fingerprint density at radius 2 is 2.00 bits per heavy atom. The van der Waals surface area contributed by atoms with Crippen molar-refractivity contribution in [2.24, 2.45) is 11.3 Å². The third kappa shape index (κ3) is 2.44. The van der Waals surface area contributed by atoms with Gasteiger partial charge in [-0.2, -0.15) is 0 Å². The first-order valence-corrected chi connectivity index (χ1v) is 7.45. The second-order valence-electron chi connectivity index (χ2n) is 7.54. The SMILES string of the molecule is CC1CC(C)(C)CC2(C1)CC(O)c1cc(F)ccc1O2. The lowest BCUT2D eigenvalue weighted by Crippen LogP contribution is -2.49. The smallest absolute Gasteiger partial charge is 0.126 e. The van der Waals surface area contributed by atoms with Crippen molar-refractivity contribution in [1.29, 1.82) is 0 Å². The molecule has 1 aromatic rings. The Balaban J connectivity index is 1.96. The number of hydrogen-bond donors (Lipinski definition) is 1. The summed E-state index contributed by atoms with van der Waals surface area (Å²) in [5, 5.41) is 10.4. The summed E-state index contributed by atoms with van der Waals surface area (Å²) in [4.78, 5) is 0. The van der Waals surface area contributed by atoms with Crippen LogP contribution in [0.4, 0.5) is 4.39 Å². The molecule has 2 nitrogen and oxygen atoms in total. The first kappa shape index (κ1) is 13.9. The zero-order valence-corrected chi connectivity index (χ0v) is 12.4. The Labute approximate surface area is 120 Å². The third-order valence-corrected chi connectivity index (χ3v) is 4.64. The van der Waals surface area contributed by atoms with Gasteiger partial charge in [-0.15, -0.1) is 0 Å². The van der Waals surface area contributed by atoms with Crippen LogP contribution in [0.25, 0.3) is 0 Å². The Hall–Kier alpha value is -1.09. The molecule has 1 fully saturated rings. The average Bonchev–Trinajstić information content (AvgIpc) is 2.27. The van der Waals surface area contributed by atoms with Crippen molar-refractivity contribution in [3.05, 3.63) is 29.6 Å². The van der Waals surface area contributed by atoms with Gasteiger partial charge in [0.15, 0.2) is 0 Å². The highest BCUT2D eigenvalue weighted by atomic mass is 19.1. The zero-order chi connectivity index (χ0) is 14.5. The number of benzene rings is 1. The average molecular weight is 278 g/mol. The number of aliphatic hydroxyl groups is 1. The summed E-state index contributed by atoms with van der Waals surface area (Å²) in [6.07, 6.45) is 3.03. The Morgan fingerprint density at radius 1 is 1.25 bits per heavy atom. The van der Waals surface area contributed by atoms with Gasteiger partial charge in [-0.05, 0) is 48.8 Å². The van der Waals surface area contributed by atoms with Gasteiger partial charge in [0.05, 0.1) is 6.10 Å². The molecular weight excluding hydrogens is 255 g/mol. The monoisotopic (exact) mass is 278 g/mol. The minimum atomic E-state index is -0.629. The van der Waals surface area contributed by atoms with E-state index < -0.39 is 6.10 Å². The number of halogens is 1. The molecule has 1 N–H and O–H groups in total. The molecule has 1 heterocycles. The van der Waals surface area contributed by atoms with Crippen molar-refractivity contribution in [2.45, 2.75) is 58.2 Å². The van der Waals surface area contributed by atoms with Crippen LogP contribution in [0.1, 0.15) is 58.1 Å². The van der Waals surface area contributed by atoms with E-state index in [1.54, 1.807) is 6.07 Å². The Kier molecular flexibility index (Phi) is 3.09. The molecule has 1 saturated carbocycles. The lowest BCUT2D eigenvalue weighted by Gasteiger charge is -2.50. The standard InChI is InChI=1S/C17H23FO2/c1-11-7-16(2,3)10-17(8-11)9-14(19)13-6-12(18)4-5-15(13)20-17/h4-6,11,14,19H,7-10H2,1-3H3. The van der Waals surface area contributed by atoms with E-state index in [4.69, 9.17) is 4.74 Å². The molecule has 0 saturated heterocycles. The molecule has 3 unspecified atom stereocenters. The molecule has 0 radical (unpaired) electrons. The molecule has 3 atom stereocenters. The maximum Gasteiger partial charge on any atom is 0.126 e. The largest absolute Gasteiger partial charge is 0.487 e. The Bertz CT molecular complexity index is 526. The van der Waals surface area contributed by atoms with Crippen LogP contribution in [0.5, 0.6) is 5.75 Å². The zero-order valence-electron chi connectivity index (χ0n) is 12.4. The van der Waals surface area contributed by atoms with Gasteiger partial charge in [-0.1, -0.05) is 20.8 Å². The van der Waals surface area contributed by atoms with Crippen molar-refractivity contribution in [1.82, 2.24) is 0 Å². The van der Waals surface area contributed by atoms with Gasteiger partial charge in [0.25, 0.3) is 0 Å². The summed E-state index contributed by atoms with van der Waals surface area (Å²) in [6.45, 7) is 6.78. The molecule has 3 heteroatoms. The quantitative estimate of drug-likeness (QED) is 0.769. The summed E-state index contributed by atoms with van der Waals surface area (Å²) < 4.78 is 19.6. The predicted molar refractivity (Wildman–Crippen MR) is 76.1 cm³/mol. The first-order chi connectivity index (χ1) is 9.29. The highest BCUT2D eigenvalue weighted by Gasteiger charge is 2.48. The van der Waals surface area contributed by atoms with Crippen LogP contribution >= 0.6 is 0 Å². The molecule has 1 aliphatic heterocycles. The van der Waals surface area contributed by atoms with Gasteiger partial charge in [0.2, 0.25) is 0 Å². The van der Waals surface area contributed by atoms with Gasteiger partial charge < -0.3 is 9.84 Å². The van der Waals surface area contributed by atoms with Gasteiger partial charge >= 0.3 is 0 Å². The second-order valence-corrected chi connectivity index (χ2v) is 7.54. The molecule has 0 bridgehead atoms. The Morgan fingerprint density at radius 3 is 2.70 bits per heavy atom. The molecule has 1 spiro atoms. The van der Waals surface area contributed by atoms with E-state index in [1.807, 2.05) is 0 Å². The van der Waals surface area contributed by atoms with Crippen molar-refractivity contribution in [3.8, 4) is 5.75 Å². The van der Waals surface area contributed by atoms with Crippen LogP contribution in [-0.2, 0) is 0 Å². The number of ether oxygens (including phenoxy) is 1. The lowest BCUT2D eigenvalue weighted by atomic mass is 9.63. The maximum absolute atomic E-state index is 13.3. The summed E-state index contributed by atoms with van der Waals surface area (Å²) in [5.41, 5.74) is 0.506. The maximum atomic E-state index is 13.3. The fraction of sp³-hybridized carbons (Fsp3) is 0.647. The fourth-order valence-corrected chi connectivity index (χ4v) is 4.51. The number of fused-ring (bicyclic) bond motifs is 1. The van der Waals surface area contributed by atoms with Gasteiger partial charge in [-0.25, -0.2) is 4.39 Å². The van der Waals surface area contributed by atoms with Gasteiger partial charge in [-0.3, -0.25) is 0 Å². The number of hydrogen-bond acceptors (Lipinski definition) is 2. The molecule has 2 aliphatic rings. The van der Waals surface area contributed by atoms with E-state index in [1.165, 1.54) is 18.6 Å². The summed E-state index contributed by atoms with van der Waals surface area (Å²) in [7, 11) is 0. The van der Waals surface area contributed by atoms with Crippen molar-refractivity contribution < 1.29 is 14.2 Å². The van der Waals surface area contributed by atoms with Crippen LogP contribution in [0, 0.1) is 17.2 Å². The summed E-state index contributed by atoms with van der Waals surface area (Å²) in [6, 6.07) is 4.45. The molecule has 110 valence electrons. The van der Waals surface area contributed by atoms with Crippen LogP contribution in [0.3, 0.4) is 0 Å². The molecule has 1 aliphatic carbocycles. The fourth-order valence-electron chi connectivity index (χ4n) is 4.51. The van der Waals surface area contributed by atoms with Gasteiger partial charge in [0.1, 0.15) is 17.2 Å². The van der Waals surface area contributed by atoms with E-state index in [0.29, 0.717) is 23.7 Å². The van der Waals surface area contributed by atoms with Gasteiger partial charge in [0, 0.05) is 12.0 Å². The minimum Gasteiger partial charge on any atom is -0.487 e. The molecule has 20 heavy (non-hydrogen) atoms. The van der Waals surface area contributed by atoms with Crippen LogP contribution < -0.4 is 4.74 Å². The van der Waals surface area contributed by atoms with Crippen LogP contribution in [0.15, 0.2) is 18.2 Å². The lowest BCUT2D eigenvalue weighted by molar-refractivity contribution is -0.0823. The highest BCUT2D eigenvalue weighted by Crippen LogP contribution is 2.52. The van der Waals surface area contributed by atoms with Crippen molar-refractivity contribution >= 4 is 0 Å². The highest BCUT2D eigenvalue weighted by molar-refractivity contribution is 5.38. The third-order valence-electron chi connectivity index (χ3n) is 4.64. The van der Waals surface area contributed by atoms with E-state index in [2.05, 4.69) is 20.8 Å². The van der Waals surface area contributed by atoms with E-state index >= 15 is 0 Å². The van der Waals surface area contributed by atoms with E-state index in [9.17, 15) is 9.50 Å². The topological polar surface area (TPSA) is 29.5 Å². The summed E-state index contributed by atoms with van der Waals surface area (Å²) in [5.74, 6) is 0.905. The van der Waals surface area contributed by atoms with Crippen LogP contribution in [-0.4, -0.2) is 10.7 Å². The van der Waals surface area contributed by atoms with Crippen molar-refractivity contribution in [3.63, 3.8) is 0 Å². The van der Waals surface area contributed by atoms with E-state index in [-0.39, 0.29) is 16.8 Å². The number of aliphatic hydroxyl groups excluding tert-OH is 1. The van der Waals surface area contributed by atoms with E-state index in [0.717, 1.165) is 12.8 Å². The molecule has 3 rings (SSSR count). The molecular formula is C17H23FO2. The predicted octanol–water partition coefficient (Wildman–Crippen LogP) is 4.23. The molecule has 1 aromatic carbocycles. The minimum absolute atomic E-state index is 0.217. The van der Waals surface area contributed by atoms with Crippen molar-refractivity contribution in [2.75, 3.05) is 0 Å².